The Morgan fingerprint density at radius 1 is 0.756 bits per heavy atom. The van der Waals surface area contributed by atoms with E-state index in [2.05, 4.69) is 39.8 Å². The van der Waals surface area contributed by atoms with E-state index < -0.39 is 0 Å². The van der Waals surface area contributed by atoms with Crippen molar-refractivity contribution in [1.29, 1.82) is 0 Å². The van der Waals surface area contributed by atoms with Crippen molar-refractivity contribution in [3.63, 3.8) is 0 Å². The van der Waals surface area contributed by atoms with Gasteiger partial charge in [0.05, 0.1) is 24.7 Å². The lowest BCUT2D eigenvalue weighted by Gasteiger charge is -2.24. The molecule has 1 fully saturated rings. The van der Waals surface area contributed by atoms with Gasteiger partial charge in [-0.25, -0.2) is 0 Å². The zero-order valence-corrected chi connectivity index (χ0v) is 27.9. The molecule has 1 aliphatic carbocycles. The number of hydrogen-bond donors (Lipinski definition) is 1. The summed E-state index contributed by atoms with van der Waals surface area (Å²) in [4.78, 5) is 24.5. The van der Waals surface area contributed by atoms with Crippen LogP contribution in [0.5, 0.6) is 5.75 Å². The average Bonchev–Trinajstić information content (AvgIpc) is 2.94. The molecule has 1 aromatic rings. The molecule has 0 aromatic heterocycles. The number of phenolic OH excluding ortho intramolecular Hbond substituents is 1. The second kappa shape index (κ2) is 21.4. The van der Waals surface area contributed by atoms with Gasteiger partial charge in [0, 0.05) is 22.6 Å². The first-order valence-corrected chi connectivity index (χ1v) is 18.4. The molecule has 0 atom stereocenters. The lowest BCUT2D eigenvalue weighted by Crippen LogP contribution is -2.10. The highest BCUT2D eigenvalue weighted by atomic mass is 32.2. The fourth-order valence-corrected chi connectivity index (χ4v) is 6.87. The third kappa shape index (κ3) is 16.2. The van der Waals surface area contributed by atoms with Gasteiger partial charge in [-0.2, -0.15) is 0 Å². The van der Waals surface area contributed by atoms with Crippen molar-refractivity contribution in [2.45, 2.75) is 129 Å². The van der Waals surface area contributed by atoms with Crippen LogP contribution in [0.1, 0.15) is 134 Å². The molecule has 41 heavy (non-hydrogen) atoms. The van der Waals surface area contributed by atoms with E-state index in [-0.39, 0.29) is 23.4 Å². The monoisotopic (exact) mass is 608 g/mol. The number of ether oxygens (including phenoxy) is 2. The van der Waals surface area contributed by atoms with E-state index in [1.54, 1.807) is 0 Å². The van der Waals surface area contributed by atoms with Crippen LogP contribution in [0.25, 0.3) is 0 Å². The van der Waals surface area contributed by atoms with Crippen LogP contribution < -0.4 is 0 Å². The highest BCUT2D eigenvalue weighted by Gasteiger charge is 2.20. The summed E-state index contributed by atoms with van der Waals surface area (Å²) < 4.78 is 10.8. The maximum absolute atomic E-state index is 12.2. The fourth-order valence-electron chi connectivity index (χ4n) is 5.29. The molecule has 234 valence electrons. The van der Waals surface area contributed by atoms with Crippen LogP contribution in [0.4, 0.5) is 0 Å². The Kier molecular flexibility index (Phi) is 18.7. The van der Waals surface area contributed by atoms with Crippen LogP contribution in [-0.2, 0) is 30.6 Å². The number of phenols is 1. The van der Waals surface area contributed by atoms with Gasteiger partial charge in [0.1, 0.15) is 5.75 Å². The van der Waals surface area contributed by atoms with Crippen molar-refractivity contribution in [3.8, 4) is 5.75 Å². The first-order chi connectivity index (χ1) is 19.8. The average molecular weight is 609 g/mol. The van der Waals surface area contributed by atoms with Crippen molar-refractivity contribution in [2.75, 3.05) is 24.7 Å². The topological polar surface area (TPSA) is 72.8 Å². The van der Waals surface area contributed by atoms with Crippen molar-refractivity contribution >= 4 is 35.5 Å². The molecule has 0 saturated heterocycles. The van der Waals surface area contributed by atoms with E-state index in [4.69, 9.17) is 9.47 Å². The third-order valence-corrected chi connectivity index (χ3v) is 9.61. The highest BCUT2D eigenvalue weighted by molar-refractivity contribution is 7.99. The molecular weight excluding hydrogens is 553 g/mol. The summed E-state index contributed by atoms with van der Waals surface area (Å²) in [6, 6.07) is 4.28. The second-order valence-corrected chi connectivity index (χ2v) is 14.4. The predicted molar refractivity (Wildman–Crippen MR) is 175 cm³/mol. The largest absolute Gasteiger partial charge is 0.507 e. The lowest BCUT2D eigenvalue weighted by molar-refractivity contribution is -0.141. The third-order valence-electron chi connectivity index (χ3n) is 7.70. The molecule has 1 aromatic carbocycles. The van der Waals surface area contributed by atoms with E-state index in [1.807, 2.05) is 0 Å². The van der Waals surface area contributed by atoms with Crippen LogP contribution in [0.15, 0.2) is 12.1 Å². The van der Waals surface area contributed by atoms with Crippen molar-refractivity contribution in [1.82, 2.24) is 0 Å². The van der Waals surface area contributed by atoms with Gasteiger partial charge < -0.3 is 14.6 Å². The molecule has 2 rings (SSSR count). The van der Waals surface area contributed by atoms with E-state index in [0.717, 1.165) is 48.6 Å². The van der Waals surface area contributed by atoms with Crippen molar-refractivity contribution < 1.29 is 24.2 Å². The molecule has 1 N–H and O–H groups in total. The number of esters is 2. The first kappa shape index (κ1) is 35.9. The van der Waals surface area contributed by atoms with E-state index in [0.29, 0.717) is 36.4 Å². The summed E-state index contributed by atoms with van der Waals surface area (Å²) in [6.45, 7) is 9.90. The number of benzene rings is 1. The summed E-state index contributed by atoms with van der Waals surface area (Å²) in [5, 5.41) is 11.1. The Hall–Kier alpha value is -1.34. The molecule has 0 spiro atoms. The summed E-state index contributed by atoms with van der Waals surface area (Å²) >= 11 is 2.99. The molecule has 7 heteroatoms. The van der Waals surface area contributed by atoms with Gasteiger partial charge in [0.2, 0.25) is 0 Å². The minimum Gasteiger partial charge on any atom is -0.507 e. The zero-order valence-electron chi connectivity index (χ0n) is 26.2. The Bertz CT molecular complexity index is 821. The summed E-state index contributed by atoms with van der Waals surface area (Å²) in [5.41, 5.74) is 3.03. The normalized spacial score (nSPS) is 14.1. The molecule has 0 amide bonds. The van der Waals surface area contributed by atoms with Crippen LogP contribution in [0.3, 0.4) is 0 Å². The van der Waals surface area contributed by atoms with Gasteiger partial charge in [-0.05, 0) is 49.0 Å². The molecule has 0 bridgehead atoms. The van der Waals surface area contributed by atoms with Crippen molar-refractivity contribution in [3.05, 3.63) is 28.8 Å². The number of hydrogen-bond acceptors (Lipinski definition) is 7. The molecule has 1 saturated carbocycles. The van der Waals surface area contributed by atoms with Gasteiger partial charge in [-0.3, -0.25) is 9.59 Å². The number of aromatic hydroxyl groups is 1. The van der Waals surface area contributed by atoms with E-state index >= 15 is 0 Å². The standard InChI is InChI=1S/C34H56O5S2/c1-26(2)14-8-6-12-18-38-32(35)24-40-22-30-20-29(28-16-10-5-11-17-28)21-31(34(30)37)23-41-25-33(36)39-19-13-7-9-15-27(3)4/h20-21,26-28,37H,5-19,22-25H2,1-4H3. The molecule has 0 radical (unpaired) electrons. The Balaban J connectivity index is 1.83. The summed E-state index contributed by atoms with van der Waals surface area (Å²) in [7, 11) is 0. The van der Waals surface area contributed by atoms with Gasteiger partial charge in [-0.1, -0.05) is 97.6 Å². The molecule has 0 aliphatic heterocycles. The van der Waals surface area contributed by atoms with E-state index in [1.165, 1.54) is 86.9 Å². The van der Waals surface area contributed by atoms with E-state index in [9.17, 15) is 14.7 Å². The smallest absolute Gasteiger partial charge is 0.315 e. The highest BCUT2D eigenvalue weighted by Crippen LogP contribution is 2.38. The minimum atomic E-state index is -0.184. The predicted octanol–water partition coefficient (Wildman–Crippen LogP) is 9.43. The Morgan fingerprint density at radius 3 is 1.66 bits per heavy atom. The van der Waals surface area contributed by atoms with Crippen molar-refractivity contribution in [2.24, 2.45) is 11.8 Å². The number of unbranched alkanes of at least 4 members (excludes halogenated alkanes) is 4. The van der Waals surface area contributed by atoms with Gasteiger partial charge >= 0.3 is 11.9 Å². The quantitative estimate of drug-likeness (QED) is 0.110. The Labute approximate surface area is 258 Å². The fraction of sp³-hybridized carbons (Fsp3) is 0.765. The lowest BCUT2D eigenvalue weighted by atomic mass is 9.83. The number of carbonyl (C=O) groups is 2. The number of thioether (sulfide) groups is 2. The molecule has 0 heterocycles. The van der Waals surface area contributed by atoms with Crippen LogP contribution in [-0.4, -0.2) is 41.8 Å². The maximum Gasteiger partial charge on any atom is 0.315 e. The molecule has 0 unspecified atom stereocenters. The van der Waals surface area contributed by atoms with Gasteiger partial charge in [0.15, 0.2) is 0 Å². The minimum absolute atomic E-state index is 0.184. The first-order valence-electron chi connectivity index (χ1n) is 16.1. The number of carbonyl (C=O) groups excluding carboxylic acids is 2. The second-order valence-electron chi connectivity index (χ2n) is 12.4. The number of rotatable bonds is 21. The molecule has 1 aliphatic rings. The SMILES string of the molecule is CC(C)CCCCCOC(=O)CSCc1cc(C2CCCCC2)cc(CSCC(=O)OCCCCCC(C)C)c1O. The molecular formula is C34H56O5S2. The van der Waals surface area contributed by atoms with Crippen LogP contribution in [0, 0.1) is 11.8 Å². The molecule has 5 nitrogen and oxygen atoms in total. The van der Waals surface area contributed by atoms with Gasteiger partial charge in [-0.15, -0.1) is 23.5 Å². The maximum atomic E-state index is 12.2. The van der Waals surface area contributed by atoms with Crippen LogP contribution in [0.2, 0.25) is 0 Å². The van der Waals surface area contributed by atoms with Gasteiger partial charge in [0.25, 0.3) is 0 Å². The summed E-state index contributed by atoms with van der Waals surface area (Å²) in [5.74, 6) is 3.57. The Morgan fingerprint density at radius 2 is 1.22 bits per heavy atom. The summed E-state index contributed by atoms with van der Waals surface area (Å²) in [6.07, 6.45) is 15.0. The van der Waals surface area contributed by atoms with Crippen LogP contribution >= 0.6 is 23.5 Å². The zero-order chi connectivity index (χ0) is 29.9.